The zero-order valence-corrected chi connectivity index (χ0v) is 11.9. The zero-order chi connectivity index (χ0) is 15.6. The second kappa shape index (κ2) is 5.78. The van der Waals surface area contributed by atoms with Crippen LogP contribution in [0.15, 0.2) is 23.1 Å². The largest absolute Gasteiger partial charge is 0.494 e. The first-order valence-corrected chi connectivity index (χ1v) is 7.51. The molecule has 1 aliphatic heterocycles. The van der Waals surface area contributed by atoms with Crippen molar-refractivity contribution in [3.05, 3.63) is 24.0 Å². The van der Waals surface area contributed by atoms with Gasteiger partial charge in [0.05, 0.1) is 12.0 Å². The fourth-order valence-electron chi connectivity index (χ4n) is 1.88. The van der Waals surface area contributed by atoms with Gasteiger partial charge >= 0.3 is 0 Å². The van der Waals surface area contributed by atoms with Crippen LogP contribution in [0.1, 0.15) is 12.8 Å². The molecule has 7 nitrogen and oxygen atoms in total. The molecule has 1 heterocycles. The Morgan fingerprint density at radius 1 is 1.38 bits per heavy atom. The lowest BCUT2D eigenvalue weighted by Gasteiger charge is -2.21. The Bertz CT molecular complexity index is 689. The number of halogens is 1. The third kappa shape index (κ3) is 3.37. The van der Waals surface area contributed by atoms with Crippen molar-refractivity contribution in [2.45, 2.75) is 23.8 Å². The Morgan fingerprint density at radius 2 is 2.10 bits per heavy atom. The Labute approximate surface area is 120 Å². The second-order valence-corrected chi connectivity index (χ2v) is 6.14. The van der Waals surface area contributed by atoms with E-state index in [-0.39, 0.29) is 23.5 Å². The monoisotopic (exact) mass is 316 g/mol. The molecule has 1 atom stereocenters. The molecular weight excluding hydrogens is 303 g/mol. The first kappa shape index (κ1) is 15.4. The Morgan fingerprint density at radius 3 is 2.67 bits per heavy atom. The molecule has 114 valence electrons. The van der Waals surface area contributed by atoms with Gasteiger partial charge in [-0.25, -0.2) is 12.8 Å². The number of rotatable bonds is 4. The molecule has 1 aromatic rings. The molecule has 2 amide bonds. The van der Waals surface area contributed by atoms with E-state index < -0.39 is 33.7 Å². The van der Waals surface area contributed by atoms with Gasteiger partial charge in [0.1, 0.15) is 6.04 Å². The molecule has 0 aromatic heterocycles. The standard InChI is InChI=1S/C12H13FN2O5S/c1-20-10-4-2-7(6-8(10)13)21(18,19)15-9-3-5-11(16)14-12(9)17/h2,4,6,9,15H,3,5H2,1H3,(H,14,16,17). The molecule has 2 rings (SSSR count). The van der Waals surface area contributed by atoms with Gasteiger partial charge in [-0.05, 0) is 24.6 Å². The normalized spacial score (nSPS) is 19.2. The maximum absolute atomic E-state index is 13.5. The predicted molar refractivity (Wildman–Crippen MR) is 69.4 cm³/mol. The van der Waals surface area contributed by atoms with E-state index >= 15 is 0 Å². The van der Waals surface area contributed by atoms with Gasteiger partial charge in [-0.1, -0.05) is 0 Å². The molecule has 1 fully saturated rings. The number of benzene rings is 1. The van der Waals surface area contributed by atoms with Crippen LogP contribution in [0.2, 0.25) is 0 Å². The maximum atomic E-state index is 13.5. The van der Waals surface area contributed by atoms with Gasteiger partial charge < -0.3 is 4.74 Å². The minimum Gasteiger partial charge on any atom is -0.494 e. The summed E-state index contributed by atoms with van der Waals surface area (Å²) in [7, 11) is -2.82. The summed E-state index contributed by atoms with van der Waals surface area (Å²) in [6.07, 6.45) is 0.0957. The Hall–Kier alpha value is -2.00. The number of carbonyl (C=O) groups is 2. The number of hydrogen-bond donors (Lipinski definition) is 2. The predicted octanol–water partition coefficient (Wildman–Crippen LogP) is -0.0822. The second-order valence-electron chi connectivity index (χ2n) is 4.42. The Kier molecular flexibility index (Phi) is 4.24. The van der Waals surface area contributed by atoms with Crippen LogP contribution in [-0.2, 0) is 19.6 Å². The summed E-state index contributed by atoms with van der Waals surface area (Å²) in [5, 5.41) is 2.03. The molecule has 9 heteroatoms. The van der Waals surface area contributed by atoms with Crippen LogP contribution in [0.5, 0.6) is 5.75 Å². The number of amides is 2. The number of hydrogen-bond acceptors (Lipinski definition) is 5. The van der Waals surface area contributed by atoms with Gasteiger partial charge in [-0.2, -0.15) is 4.72 Å². The van der Waals surface area contributed by atoms with Gasteiger partial charge in [0.2, 0.25) is 21.8 Å². The number of ether oxygens (including phenoxy) is 1. The summed E-state index contributed by atoms with van der Waals surface area (Å²) in [4.78, 5) is 22.2. The average molecular weight is 316 g/mol. The van der Waals surface area contributed by atoms with Gasteiger partial charge in [-0.3, -0.25) is 14.9 Å². The van der Waals surface area contributed by atoms with Crippen molar-refractivity contribution in [1.29, 1.82) is 0 Å². The summed E-state index contributed by atoms with van der Waals surface area (Å²) in [6, 6.07) is 2.08. The van der Waals surface area contributed by atoms with Crippen LogP contribution in [0.3, 0.4) is 0 Å². The van der Waals surface area contributed by atoms with Crippen LogP contribution in [0.4, 0.5) is 4.39 Å². The summed E-state index contributed by atoms with van der Waals surface area (Å²) in [5.74, 6) is -2.09. The van der Waals surface area contributed by atoms with Crippen molar-refractivity contribution >= 4 is 21.8 Å². The van der Waals surface area contributed by atoms with Crippen molar-refractivity contribution in [1.82, 2.24) is 10.0 Å². The molecular formula is C12H13FN2O5S. The van der Waals surface area contributed by atoms with Crippen molar-refractivity contribution in [2.24, 2.45) is 0 Å². The summed E-state index contributed by atoms with van der Waals surface area (Å²) in [6.45, 7) is 0. The molecule has 21 heavy (non-hydrogen) atoms. The zero-order valence-electron chi connectivity index (χ0n) is 11.1. The first-order chi connectivity index (χ1) is 9.83. The highest BCUT2D eigenvalue weighted by molar-refractivity contribution is 7.89. The fourth-order valence-corrected chi connectivity index (χ4v) is 3.12. The van der Waals surface area contributed by atoms with E-state index in [0.29, 0.717) is 0 Å². The van der Waals surface area contributed by atoms with Crippen LogP contribution in [0.25, 0.3) is 0 Å². The van der Waals surface area contributed by atoms with Gasteiger partial charge in [0.15, 0.2) is 11.6 Å². The van der Waals surface area contributed by atoms with Gasteiger partial charge in [0, 0.05) is 6.42 Å². The van der Waals surface area contributed by atoms with Crippen LogP contribution >= 0.6 is 0 Å². The number of nitrogens with one attached hydrogen (secondary N) is 2. The molecule has 2 N–H and O–H groups in total. The molecule has 0 spiro atoms. The highest BCUT2D eigenvalue weighted by Gasteiger charge is 2.31. The highest BCUT2D eigenvalue weighted by Crippen LogP contribution is 2.21. The van der Waals surface area contributed by atoms with Crippen LogP contribution in [0, 0.1) is 5.82 Å². The minimum absolute atomic E-state index is 0.0376. The molecule has 0 aliphatic carbocycles. The number of sulfonamides is 1. The summed E-state index contributed by atoms with van der Waals surface area (Å²) < 4.78 is 44.6. The molecule has 0 radical (unpaired) electrons. The van der Waals surface area contributed by atoms with E-state index in [2.05, 4.69) is 4.72 Å². The molecule has 1 aromatic carbocycles. The Balaban J connectivity index is 2.20. The first-order valence-electron chi connectivity index (χ1n) is 6.03. The lowest BCUT2D eigenvalue weighted by molar-refractivity contribution is -0.134. The van der Waals surface area contributed by atoms with Crippen molar-refractivity contribution < 1.29 is 27.1 Å². The minimum atomic E-state index is -4.08. The fraction of sp³-hybridized carbons (Fsp3) is 0.333. The molecule has 0 bridgehead atoms. The van der Waals surface area contributed by atoms with Gasteiger partial charge in [-0.15, -0.1) is 0 Å². The third-order valence-electron chi connectivity index (χ3n) is 2.97. The van der Waals surface area contributed by atoms with E-state index in [4.69, 9.17) is 4.74 Å². The van der Waals surface area contributed by atoms with Crippen LogP contribution < -0.4 is 14.8 Å². The van der Waals surface area contributed by atoms with E-state index in [1.54, 1.807) is 0 Å². The lowest BCUT2D eigenvalue weighted by Crippen LogP contribution is -2.52. The maximum Gasteiger partial charge on any atom is 0.244 e. The molecule has 1 aliphatic rings. The molecule has 1 saturated heterocycles. The molecule has 0 saturated carbocycles. The van der Waals surface area contributed by atoms with E-state index in [9.17, 15) is 22.4 Å². The SMILES string of the molecule is COc1ccc(S(=O)(=O)NC2CCC(=O)NC2=O)cc1F. The average Bonchev–Trinajstić information content (AvgIpc) is 2.42. The highest BCUT2D eigenvalue weighted by atomic mass is 32.2. The van der Waals surface area contributed by atoms with Crippen molar-refractivity contribution in [2.75, 3.05) is 7.11 Å². The van der Waals surface area contributed by atoms with Gasteiger partial charge in [0.25, 0.3) is 0 Å². The third-order valence-corrected chi connectivity index (χ3v) is 4.44. The van der Waals surface area contributed by atoms with E-state index in [1.807, 2.05) is 5.32 Å². The number of methoxy groups -OCH3 is 1. The van der Waals surface area contributed by atoms with E-state index in [0.717, 1.165) is 12.1 Å². The van der Waals surface area contributed by atoms with Crippen LogP contribution in [-0.4, -0.2) is 33.4 Å². The number of piperidine rings is 1. The quantitative estimate of drug-likeness (QED) is 0.757. The smallest absolute Gasteiger partial charge is 0.244 e. The topological polar surface area (TPSA) is 102 Å². The lowest BCUT2D eigenvalue weighted by atomic mass is 10.1. The van der Waals surface area contributed by atoms with Crippen molar-refractivity contribution in [3.8, 4) is 5.75 Å². The van der Waals surface area contributed by atoms with Crippen molar-refractivity contribution in [3.63, 3.8) is 0 Å². The number of imide groups is 1. The summed E-state index contributed by atoms with van der Waals surface area (Å²) in [5.41, 5.74) is 0. The van der Waals surface area contributed by atoms with E-state index in [1.165, 1.54) is 13.2 Å². The summed E-state index contributed by atoms with van der Waals surface area (Å²) >= 11 is 0. The number of carbonyl (C=O) groups excluding carboxylic acids is 2. The molecule has 1 unspecified atom stereocenters.